The smallest absolute Gasteiger partial charge is 0.223 e. The van der Waals surface area contributed by atoms with Gasteiger partial charge in [-0.05, 0) is 43.2 Å². The topological polar surface area (TPSA) is 46.3 Å². The maximum absolute atomic E-state index is 12.5. The third-order valence-electron chi connectivity index (χ3n) is 4.58. The lowest BCUT2D eigenvalue weighted by molar-refractivity contribution is -0.137. The Labute approximate surface area is 122 Å². The first-order chi connectivity index (χ1) is 9.49. The number of nitrogens with two attached hydrogens (primary N) is 1. The number of nitrogens with zero attached hydrogens (tertiary/aromatic N) is 1. The fraction of sp³-hybridized carbons (Fsp3) is 0.588. The SMILES string of the molecule is CC1CC(C)C(C)N(C(=O)CCc2ccccc2N)C1. The molecule has 0 spiro atoms. The standard InChI is InChI=1S/C17H26N2O/c1-12-10-13(2)14(3)19(11-12)17(20)9-8-15-6-4-5-7-16(15)18/h4-7,12-14H,8-11,18H2,1-3H3. The summed E-state index contributed by atoms with van der Waals surface area (Å²) >= 11 is 0. The van der Waals surface area contributed by atoms with Gasteiger partial charge in [-0.15, -0.1) is 0 Å². The largest absolute Gasteiger partial charge is 0.399 e. The van der Waals surface area contributed by atoms with E-state index in [1.807, 2.05) is 24.3 Å². The Hall–Kier alpha value is -1.51. The highest BCUT2D eigenvalue weighted by atomic mass is 16.2. The van der Waals surface area contributed by atoms with Gasteiger partial charge >= 0.3 is 0 Å². The molecule has 1 heterocycles. The van der Waals surface area contributed by atoms with E-state index >= 15 is 0 Å². The van der Waals surface area contributed by atoms with E-state index in [1.165, 1.54) is 6.42 Å². The molecule has 110 valence electrons. The van der Waals surface area contributed by atoms with E-state index < -0.39 is 0 Å². The van der Waals surface area contributed by atoms with Crippen LogP contribution in [0.3, 0.4) is 0 Å². The molecule has 1 aromatic carbocycles. The second-order valence-corrected chi connectivity index (χ2v) is 6.30. The van der Waals surface area contributed by atoms with Crippen LogP contribution < -0.4 is 5.73 Å². The molecule has 1 fully saturated rings. The molecule has 1 saturated heterocycles. The average molecular weight is 274 g/mol. The van der Waals surface area contributed by atoms with Gasteiger partial charge in [0.15, 0.2) is 0 Å². The molecule has 1 aromatic rings. The number of piperidine rings is 1. The monoisotopic (exact) mass is 274 g/mol. The zero-order chi connectivity index (χ0) is 14.7. The molecule has 0 aliphatic carbocycles. The summed E-state index contributed by atoms with van der Waals surface area (Å²) in [6.07, 6.45) is 2.51. The van der Waals surface area contributed by atoms with Gasteiger partial charge in [-0.3, -0.25) is 4.79 Å². The van der Waals surface area contributed by atoms with Crippen molar-refractivity contribution in [2.24, 2.45) is 11.8 Å². The van der Waals surface area contributed by atoms with Gasteiger partial charge in [0.2, 0.25) is 5.91 Å². The highest BCUT2D eigenvalue weighted by molar-refractivity contribution is 5.77. The lowest BCUT2D eigenvalue weighted by atomic mass is 9.85. The Morgan fingerprint density at radius 1 is 1.30 bits per heavy atom. The van der Waals surface area contributed by atoms with Gasteiger partial charge in [-0.1, -0.05) is 32.0 Å². The molecule has 2 N–H and O–H groups in total. The van der Waals surface area contributed by atoms with E-state index in [-0.39, 0.29) is 5.91 Å². The molecule has 3 heteroatoms. The zero-order valence-electron chi connectivity index (χ0n) is 12.8. The molecule has 1 aliphatic rings. The van der Waals surface area contributed by atoms with Crippen molar-refractivity contribution in [1.29, 1.82) is 0 Å². The number of rotatable bonds is 3. The van der Waals surface area contributed by atoms with Gasteiger partial charge in [-0.25, -0.2) is 0 Å². The first-order valence-corrected chi connectivity index (χ1v) is 7.62. The highest BCUT2D eigenvalue weighted by Crippen LogP contribution is 2.27. The second kappa shape index (κ2) is 6.29. The summed E-state index contributed by atoms with van der Waals surface area (Å²) < 4.78 is 0. The maximum atomic E-state index is 12.5. The average Bonchev–Trinajstić information content (AvgIpc) is 2.41. The van der Waals surface area contributed by atoms with Gasteiger partial charge in [-0.2, -0.15) is 0 Å². The van der Waals surface area contributed by atoms with Crippen LogP contribution in [0.1, 0.15) is 39.2 Å². The van der Waals surface area contributed by atoms with Gasteiger partial charge in [0.1, 0.15) is 0 Å². The number of para-hydroxylation sites is 1. The minimum atomic E-state index is 0.263. The number of nitrogen functional groups attached to an aromatic ring is 1. The van der Waals surface area contributed by atoms with Crippen molar-refractivity contribution in [2.75, 3.05) is 12.3 Å². The molecule has 0 aromatic heterocycles. The molecule has 1 amide bonds. The summed E-state index contributed by atoms with van der Waals surface area (Å²) in [6.45, 7) is 7.55. The minimum absolute atomic E-state index is 0.263. The molecule has 0 radical (unpaired) electrons. The van der Waals surface area contributed by atoms with E-state index in [4.69, 9.17) is 5.73 Å². The van der Waals surface area contributed by atoms with Crippen LogP contribution in [-0.2, 0) is 11.2 Å². The summed E-state index contributed by atoms with van der Waals surface area (Å²) in [6, 6.07) is 8.16. The van der Waals surface area contributed by atoms with Crippen molar-refractivity contribution in [3.8, 4) is 0 Å². The predicted octanol–water partition coefficient (Wildman–Crippen LogP) is 3.09. The summed E-state index contributed by atoms with van der Waals surface area (Å²) in [4.78, 5) is 14.5. The quantitative estimate of drug-likeness (QED) is 0.861. The van der Waals surface area contributed by atoms with Crippen LogP contribution in [0, 0.1) is 11.8 Å². The van der Waals surface area contributed by atoms with E-state index in [0.717, 1.165) is 24.2 Å². The normalized spacial score (nSPS) is 26.6. The molecule has 3 atom stereocenters. The van der Waals surface area contributed by atoms with Gasteiger partial charge in [0.05, 0.1) is 0 Å². The first-order valence-electron chi connectivity index (χ1n) is 7.62. The zero-order valence-corrected chi connectivity index (χ0v) is 12.8. The molecule has 1 aliphatic heterocycles. The minimum Gasteiger partial charge on any atom is -0.399 e. The maximum Gasteiger partial charge on any atom is 0.223 e. The predicted molar refractivity (Wildman–Crippen MR) is 83.3 cm³/mol. The molecular formula is C17H26N2O. The summed E-state index contributed by atoms with van der Waals surface area (Å²) in [5, 5.41) is 0. The third kappa shape index (κ3) is 3.33. The number of aryl methyl sites for hydroxylation is 1. The fourth-order valence-corrected chi connectivity index (χ4v) is 3.19. The molecule has 3 nitrogen and oxygen atoms in total. The number of hydrogen-bond acceptors (Lipinski definition) is 2. The number of carbonyl (C=O) groups is 1. The molecule has 20 heavy (non-hydrogen) atoms. The Kier molecular flexibility index (Phi) is 4.69. The van der Waals surface area contributed by atoms with E-state index in [0.29, 0.717) is 24.3 Å². The van der Waals surface area contributed by atoms with Gasteiger partial charge < -0.3 is 10.6 Å². The first kappa shape index (κ1) is 14.9. The van der Waals surface area contributed by atoms with Crippen LogP contribution >= 0.6 is 0 Å². The highest BCUT2D eigenvalue weighted by Gasteiger charge is 2.31. The number of likely N-dealkylation sites (tertiary alicyclic amines) is 1. The van der Waals surface area contributed by atoms with Gasteiger partial charge in [0, 0.05) is 24.7 Å². The number of benzene rings is 1. The Balaban J connectivity index is 1.96. The van der Waals surface area contributed by atoms with E-state index in [1.54, 1.807) is 0 Å². The van der Waals surface area contributed by atoms with Crippen molar-refractivity contribution >= 4 is 11.6 Å². The van der Waals surface area contributed by atoms with Crippen LogP contribution in [0.5, 0.6) is 0 Å². The van der Waals surface area contributed by atoms with E-state index in [9.17, 15) is 4.79 Å². The van der Waals surface area contributed by atoms with Crippen molar-refractivity contribution in [2.45, 2.75) is 46.1 Å². The van der Waals surface area contributed by atoms with Crippen LogP contribution in [0.15, 0.2) is 24.3 Å². The molecular weight excluding hydrogens is 248 g/mol. The van der Waals surface area contributed by atoms with Crippen molar-refractivity contribution in [3.63, 3.8) is 0 Å². The van der Waals surface area contributed by atoms with Crippen molar-refractivity contribution in [1.82, 2.24) is 4.90 Å². The molecule has 0 saturated carbocycles. The summed E-state index contributed by atoms with van der Waals surface area (Å²) in [7, 11) is 0. The summed E-state index contributed by atoms with van der Waals surface area (Å²) in [5.41, 5.74) is 7.79. The molecule has 3 unspecified atom stereocenters. The Morgan fingerprint density at radius 3 is 2.70 bits per heavy atom. The molecule has 0 bridgehead atoms. The lowest BCUT2D eigenvalue weighted by Crippen LogP contribution is -2.48. The number of hydrogen-bond donors (Lipinski definition) is 1. The Morgan fingerprint density at radius 2 is 2.00 bits per heavy atom. The van der Waals surface area contributed by atoms with E-state index in [2.05, 4.69) is 25.7 Å². The van der Waals surface area contributed by atoms with Crippen LogP contribution in [0.2, 0.25) is 0 Å². The number of carbonyl (C=O) groups excluding carboxylic acids is 1. The fourth-order valence-electron chi connectivity index (χ4n) is 3.19. The van der Waals surface area contributed by atoms with Crippen LogP contribution in [-0.4, -0.2) is 23.4 Å². The van der Waals surface area contributed by atoms with Gasteiger partial charge in [0.25, 0.3) is 0 Å². The second-order valence-electron chi connectivity index (χ2n) is 6.30. The van der Waals surface area contributed by atoms with Crippen LogP contribution in [0.25, 0.3) is 0 Å². The number of amides is 1. The third-order valence-corrected chi connectivity index (χ3v) is 4.58. The number of anilines is 1. The van der Waals surface area contributed by atoms with Crippen molar-refractivity contribution < 1.29 is 4.79 Å². The lowest BCUT2D eigenvalue weighted by Gasteiger charge is -2.41. The summed E-state index contributed by atoms with van der Waals surface area (Å²) in [5.74, 6) is 1.45. The van der Waals surface area contributed by atoms with Crippen LogP contribution in [0.4, 0.5) is 5.69 Å². The Bertz CT molecular complexity index is 472. The van der Waals surface area contributed by atoms with Crippen molar-refractivity contribution in [3.05, 3.63) is 29.8 Å². The molecule has 2 rings (SSSR count).